The van der Waals surface area contributed by atoms with Crippen molar-refractivity contribution in [3.63, 3.8) is 0 Å². The normalized spacial score (nSPS) is 12.6. The van der Waals surface area contributed by atoms with Gasteiger partial charge in [0.25, 0.3) is 5.91 Å². The second kappa shape index (κ2) is 7.23. The Morgan fingerprint density at radius 2 is 1.89 bits per heavy atom. The number of nitrogens with one attached hydrogen (secondary N) is 1. The molecule has 6 nitrogen and oxygen atoms in total. The molecule has 1 N–H and O–H groups in total. The van der Waals surface area contributed by atoms with E-state index in [2.05, 4.69) is 21.4 Å². The summed E-state index contributed by atoms with van der Waals surface area (Å²) in [6.07, 6.45) is 4.22. The van der Waals surface area contributed by atoms with Crippen molar-refractivity contribution < 1.29 is 9.59 Å². The Morgan fingerprint density at radius 1 is 1.07 bits per heavy atom. The zero-order valence-electron chi connectivity index (χ0n) is 15.8. The van der Waals surface area contributed by atoms with Gasteiger partial charge in [0.05, 0.1) is 11.3 Å². The lowest BCUT2D eigenvalue weighted by Crippen LogP contribution is -2.29. The number of rotatable bonds is 3. The van der Waals surface area contributed by atoms with Crippen LogP contribution in [0.4, 0.5) is 11.5 Å². The fourth-order valence-electron chi connectivity index (χ4n) is 3.46. The summed E-state index contributed by atoms with van der Waals surface area (Å²) in [5, 5.41) is 2.67. The van der Waals surface area contributed by atoms with Crippen LogP contribution in [-0.2, 0) is 11.2 Å². The summed E-state index contributed by atoms with van der Waals surface area (Å²) in [5.74, 6) is 0.232. The second-order valence-corrected chi connectivity index (χ2v) is 6.80. The minimum absolute atomic E-state index is 0.0482. The van der Waals surface area contributed by atoms with Crippen molar-refractivity contribution in [2.75, 3.05) is 16.8 Å². The van der Waals surface area contributed by atoms with E-state index in [9.17, 15) is 9.59 Å². The average molecular weight is 372 g/mol. The quantitative estimate of drug-likeness (QED) is 0.762. The third-order valence-electron chi connectivity index (χ3n) is 4.85. The molecule has 0 spiro atoms. The maximum absolute atomic E-state index is 13.2. The first-order valence-electron chi connectivity index (χ1n) is 9.13. The molecule has 0 bridgehead atoms. The number of para-hydroxylation sites is 1. The molecule has 0 fully saturated rings. The van der Waals surface area contributed by atoms with E-state index >= 15 is 0 Å². The first-order valence-corrected chi connectivity index (χ1v) is 9.13. The number of aryl methyl sites for hydroxylation is 1. The van der Waals surface area contributed by atoms with E-state index in [0.717, 1.165) is 23.2 Å². The largest absolute Gasteiger partial charge is 0.311 e. The van der Waals surface area contributed by atoms with Gasteiger partial charge in [0.15, 0.2) is 0 Å². The Bertz CT molecular complexity index is 1080. The fourth-order valence-corrected chi connectivity index (χ4v) is 3.46. The molecule has 4 rings (SSSR count). The van der Waals surface area contributed by atoms with Crippen molar-refractivity contribution in [3.05, 3.63) is 71.7 Å². The predicted octanol–water partition coefficient (Wildman–Crippen LogP) is 3.61. The second-order valence-electron chi connectivity index (χ2n) is 6.80. The Balaban J connectivity index is 1.69. The third-order valence-corrected chi connectivity index (χ3v) is 4.85. The fraction of sp³-hybridized carbons (Fsp3) is 0.182. The van der Waals surface area contributed by atoms with Crippen LogP contribution in [-0.4, -0.2) is 28.3 Å². The van der Waals surface area contributed by atoms with E-state index < -0.39 is 0 Å². The lowest BCUT2D eigenvalue weighted by atomic mass is 10.0. The van der Waals surface area contributed by atoms with Gasteiger partial charge in [-0.2, -0.15) is 0 Å². The monoisotopic (exact) mass is 372 g/mol. The van der Waals surface area contributed by atoms with E-state index in [4.69, 9.17) is 0 Å². The van der Waals surface area contributed by atoms with Crippen LogP contribution in [0.25, 0.3) is 11.1 Å². The van der Waals surface area contributed by atoms with Crippen LogP contribution in [0.15, 0.2) is 54.9 Å². The van der Waals surface area contributed by atoms with E-state index in [0.29, 0.717) is 23.6 Å². The molecule has 3 aromatic rings. The van der Waals surface area contributed by atoms with Crippen LogP contribution in [0, 0.1) is 6.92 Å². The van der Waals surface area contributed by atoms with Crippen LogP contribution in [0.1, 0.15) is 28.5 Å². The zero-order valence-corrected chi connectivity index (χ0v) is 15.8. The van der Waals surface area contributed by atoms with Gasteiger partial charge in [0.1, 0.15) is 5.82 Å². The van der Waals surface area contributed by atoms with Crippen LogP contribution in [0.3, 0.4) is 0 Å². The lowest BCUT2D eigenvalue weighted by molar-refractivity contribution is -0.114. The molecule has 2 amide bonds. The Labute approximate surface area is 163 Å². The highest BCUT2D eigenvalue weighted by Crippen LogP contribution is 2.30. The topological polar surface area (TPSA) is 75.2 Å². The van der Waals surface area contributed by atoms with Gasteiger partial charge in [-0.3, -0.25) is 14.6 Å². The van der Waals surface area contributed by atoms with Gasteiger partial charge in [0.2, 0.25) is 5.91 Å². The molecule has 1 aliphatic heterocycles. The van der Waals surface area contributed by atoms with E-state index in [1.54, 1.807) is 18.5 Å². The highest BCUT2D eigenvalue weighted by Gasteiger charge is 2.26. The molecule has 0 saturated heterocycles. The summed E-state index contributed by atoms with van der Waals surface area (Å²) < 4.78 is 0. The summed E-state index contributed by atoms with van der Waals surface area (Å²) in [7, 11) is 0. The molecule has 3 heterocycles. The minimum Gasteiger partial charge on any atom is -0.311 e. The van der Waals surface area contributed by atoms with Crippen molar-refractivity contribution in [1.29, 1.82) is 0 Å². The van der Waals surface area contributed by atoms with Gasteiger partial charge in [0, 0.05) is 37.1 Å². The van der Waals surface area contributed by atoms with E-state index in [-0.39, 0.29) is 11.8 Å². The van der Waals surface area contributed by atoms with E-state index in [1.165, 1.54) is 12.5 Å². The van der Waals surface area contributed by atoms with Crippen LogP contribution < -0.4 is 10.2 Å². The van der Waals surface area contributed by atoms with Crippen molar-refractivity contribution in [2.45, 2.75) is 20.3 Å². The molecule has 1 aromatic carbocycles. The lowest BCUT2D eigenvalue weighted by Gasteiger charge is -2.19. The first-order chi connectivity index (χ1) is 13.5. The number of carbonyl (C=O) groups is 2. The minimum atomic E-state index is -0.185. The zero-order chi connectivity index (χ0) is 19.7. The standard InChI is InChI=1S/C22H20N4O2/c1-14-19(22(28)26-10-8-16-5-3-4-6-20(16)26)11-18(13-24-14)17-7-9-23-21(12-17)25-15(2)27/h3-7,9,11-13H,8,10H2,1-2H3,(H,23,25,27). The molecule has 6 heteroatoms. The number of amides is 2. The smallest absolute Gasteiger partial charge is 0.260 e. The van der Waals surface area contributed by atoms with Gasteiger partial charge >= 0.3 is 0 Å². The SMILES string of the molecule is CC(=O)Nc1cc(-c2cnc(C)c(C(=O)N3CCc4ccccc43)c2)ccn1. The summed E-state index contributed by atoms with van der Waals surface area (Å²) in [5.41, 5.74) is 5.06. The summed E-state index contributed by atoms with van der Waals surface area (Å²) in [6, 6.07) is 13.5. The van der Waals surface area contributed by atoms with Crippen molar-refractivity contribution >= 4 is 23.3 Å². The molecule has 2 aromatic heterocycles. The maximum Gasteiger partial charge on any atom is 0.260 e. The predicted molar refractivity (Wildman–Crippen MR) is 108 cm³/mol. The van der Waals surface area contributed by atoms with Crippen LogP contribution in [0.5, 0.6) is 0 Å². The van der Waals surface area contributed by atoms with Gasteiger partial charge in [-0.05, 0) is 48.7 Å². The highest BCUT2D eigenvalue weighted by atomic mass is 16.2. The van der Waals surface area contributed by atoms with Crippen molar-refractivity contribution in [2.24, 2.45) is 0 Å². The molecule has 1 aliphatic rings. The summed E-state index contributed by atoms with van der Waals surface area (Å²) >= 11 is 0. The van der Waals surface area contributed by atoms with Crippen LogP contribution >= 0.6 is 0 Å². The number of hydrogen-bond donors (Lipinski definition) is 1. The Hall–Kier alpha value is -3.54. The average Bonchev–Trinajstić information content (AvgIpc) is 3.12. The molecule has 140 valence electrons. The number of nitrogens with zero attached hydrogens (tertiary/aromatic N) is 3. The number of fused-ring (bicyclic) bond motifs is 1. The third kappa shape index (κ3) is 3.36. The molecular formula is C22H20N4O2. The Morgan fingerprint density at radius 3 is 2.71 bits per heavy atom. The van der Waals surface area contributed by atoms with Gasteiger partial charge in [-0.15, -0.1) is 0 Å². The number of carbonyl (C=O) groups excluding carboxylic acids is 2. The van der Waals surface area contributed by atoms with Gasteiger partial charge in [-0.25, -0.2) is 4.98 Å². The van der Waals surface area contributed by atoms with Gasteiger partial charge < -0.3 is 10.2 Å². The number of hydrogen-bond acceptors (Lipinski definition) is 4. The van der Waals surface area contributed by atoms with E-state index in [1.807, 2.05) is 42.2 Å². The van der Waals surface area contributed by atoms with Crippen LogP contribution in [0.2, 0.25) is 0 Å². The van der Waals surface area contributed by atoms with Gasteiger partial charge in [-0.1, -0.05) is 18.2 Å². The number of anilines is 2. The van der Waals surface area contributed by atoms with Crippen molar-refractivity contribution in [1.82, 2.24) is 9.97 Å². The summed E-state index contributed by atoms with van der Waals surface area (Å²) in [4.78, 5) is 34.9. The highest BCUT2D eigenvalue weighted by molar-refractivity contribution is 6.08. The summed E-state index contributed by atoms with van der Waals surface area (Å²) in [6.45, 7) is 3.95. The molecule has 0 radical (unpaired) electrons. The molecule has 0 aliphatic carbocycles. The molecule has 0 unspecified atom stereocenters. The molecule has 0 saturated carbocycles. The van der Waals surface area contributed by atoms with Crippen molar-refractivity contribution in [3.8, 4) is 11.1 Å². The Kier molecular flexibility index (Phi) is 4.61. The number of aromatic nitrogens is 2. The molecular weight excluding hydrogens is 352 g/mol. The first kappa shape index (κ1) is 17.9. The maximum atomic E-state index is 13.2. The molecule has 0 atom stereocenters. The number of benzene rings is 1. The molecule has 28 heavy (non-hydrogen) atoms. The number of pyridine rings is 2.